The summed E-state index contributed by atoms with van der Waals surface area (Å²) in [5.74, 6) is 1.14. The van der Waals surface area contributed by atoms with E-state index in [9.17, 15) is 4.79 Å². The highest BCUT2D eigenvalue weighted by atomic mass is 16.5. The molecule has 1 amide bonds. The number of likely N-dealkylation sites (tertiary alicyclic amines) is 1. The summed E-state index contributed by atoms with van der Waals surface area (Å²) in [6.45, 7) is 1.15. The molecule has 5 rings (SSSR count). The Labute approximate surface area is 160 Å². The van der Waals surface area contributed by atoms with Crippen molar-refractivity contribution in [1.29, 1.82) is 0 Å². The summed E-state index contributed by atoms with van der Waals surface area (Å²) >= 11 is 0. The van der Waals surface area contributed by atoms with Crippen LogP contribution in [-0.2, 0) is 0 Å². The zero-order chi connectivity index (χ0) is 18.9. The molecule has 1 aliphatic heterocycles. The Bertz CT molecular complexity index is 1120. The monoisotopic (exact) mass is 375 g/mol. The molecule has 3 aromatic heterocycles. The molecule has 0 saturated carbocycles. The number of hydrogen-bond donors (Lipinski definition) is 0. The first-order chi connectivity index (χ1) is 13.8. The van der Waals surface area contributed by atoms with Crippen molar-refractivity contribution in [3.8, 4) is 11.4 Å². The van der Waals surface area contributed by atoms with E-state index < -0.39 is 0 Å². The molecule has 8 nitrogen and oxygen atoms in total. The Morgan fingerprint density at radius 2 is 1.96 bits per heavy atom. The number of rotatable bonds is 3. The lowest BCUT2D eigenvalue weighted by Crippen LogP contribution is -2.39. The van der Waals surface area contributed by atoms with Crippen molar-refractivity contribution >= 4 is 16.9 Å². The molecule has 1 atom stereocenters. The van der Waals surface area contributed by atoms with Gasteiger partial charge in [0.1, 0.15) is 0 Å². The number of carbonyl (C=O) groups is 1. The number of aromatic nitrogens is 4. The highest BCUT2D eigenvalue weighted by Crippen LogP contribution is 2.29. The Kier molecular flexibility index (Phi) is 4.08. The van der Waals surface area contributed by atoms with Crippen LogP contribution < -0.4 is 0 Å². The van der Waals surface area contributed by atoms with Crippen LogP contribution in [0.1, 0.15) is 35.2 Å². The molecule has 8 heteroatoms. The van der Waals surface area contributed by atoms with Crippen molar-refractivity contribution in [1.82, 2.24) is 25.2 Å². The first-order valence-corrected chi connectivity index (χ1v) is 9.18. The average Bonchev–Trinajstić information content (AvgIpc) is 3.42. The Hall–Kier alpha value is -3.55. The van der Waals surface area contributed by atoms with Gasteiger partial charge in [0.05, 0.1) is 11.3 Å². The van der Waals surface area contributed by atoms with Gasteiger partial charge in [0.25, 0.3) is 5.91 Å². The fourth-order valence-electron chi connectivity index (χ4n) is 3.55. The van der Waals surface area contributed by atoms with Gasteiger partial charge in [-0.2, -0.15) is 4.98 Å². The number of benzene rings is 1. The number of nitrogens with zero attached hydrogens (tertiary/aromatic N) is 5. The fourth-order valence-corrected chi connectivity index (χ4v) is 3.55. The van der Waals surface area contributed by atoms with E-state index in [0.29, 0.717) is 35.8 Å². The topological polar surface area (TPSA) is 98.2 Å². The van der Waals surface area contributed by atoms with E-state index in [2.05, 4.69) is 20.3 Å². The zero-order valence-electron chi connectivity index (χ0n) is 15.0. The van der Waals surface area contributed by atoms with Crippen molar-refractivity contribution in [2.45, 2.75) is 18.8 Å². The number of piperidine rings is 1. The Morgan fingerprint density at radius 1 is 1.07 bits per heavy atom. The molecule has 0 radical (unpaired) electrons. The van der Waals surface area contributed by atoms with Gasteiger partial charge in [0, 0.05) is 24.8 Å². The summed E-state index contributed by atoms with van der Waals surface area (Å²) < 4.78 is 10.8. The maximum atomic E-state index is 13.0. The Balaban J connectivity index is 1.37. The first kappa shape index (κ1) is 16.6. The molecule has 0 aliphatic carbocycles. The number of pyridine rings is 1. The molecule has 0 N–H and O–H groups in total. The van der Waals surface area contributed by atoms with E-state index in [-0.39, 0.29) is 17.6 Å². The molecular formula is C20H17N5O3. The smallest absolute Gasteiger partial charge is 0.293 e. The average molecular weight is 375 g/mol. The van der Waals surface area contributed by atoms with Gasteiger partial charge in [0.15, 0.2) is 0 Å². The van der Waals surface area contributed by atoms with Crippen LogP contribution in [0.5, 0.6) is 0 Å². The number of hydrogen-bond acceptors (Lipinski definition) is 7. The molecule has 1 saturated heterocycles. The predicted molar refractivity (Wildman–Crippen MR) is 99.4 cm³/mol. The van der Waals surface area contributed by atoms with Crippen molar-refractivity contribution in [2.24, 2.45) is 0 Å². The van der Waals surface area contributed by atoms with Gasteiger partial charge in [-0.05, 0) is 25.0 Å². The van der Waals surface area contributed by atoms with E-state index in [1.165, 1.54) is 0 Å². The SMILES string of the molecule is O=C(c1onc2ncccc12)N1CCCC(c2nc(-c3ccccc3)no2)C1. The highest BCUT2D eigenvalue weighted by Gasteiger charge is 2.31. The second kappa shape index (κ2) is 6.88. The minimum absolute atomic E-state index is 0.00465. The quantitative estimate of drug-likeness (QED) is 0.542. The van der Waals surface area contributed by atoms with Gasteiger partial charge in [-0.25, -0.2) is 4.98 Å². The van der Waals surface area contributed by atoms with Crippen LogP contribution in [0.25, 0.3) is 22.4 Å². The van der Waals surface area contributed by atoms with E-state index >= 15 is 0 Å². The molecule has 1 unspecified atom stereocenters. The van der Waals surface area contributed by atoms with Gasteiger partial charge < -0.3 is 13.9 Å². The van der Waals surface area contributed by atoms with Gasteiger partial charge in [-0.15, -0.1) is 0 Å². The van der Waals surface area contributed by atoms with Crippen molar-refractivity contribution in [2.75, 3.05) is 13.1 Å². The molecule has 28 heavy (non-hydrogen) atoms. The molecular weight excluding hydrogens is 358 g/mol. The maximum Gasteiger partial charge on any atom is 0.293 e. The summed E-state index contributed by atoms with van der Waals surface area (Å²) in [4.78, 5) is 23.4. The van der Waals surface area contributed by atoms with Crippen LogP contribution in [0.3, 0.4) is 0 Å². The van der Waals surface area contributed by atoms with Crippen LogP contribution in [0.15, 0.2) is 57.7 Å². The van der Waals surface area contributed by atoms with Gasteiger partial charge in [0.2, 0.25) is 23.1 Å². The number of carbonyl (C=O) groups excluding carboxylic acids is 1. The summed E-state index contributed by atoms with van der Waals surface area (Å²) in [6, 6.07) is 13.2. The Morgan fingerprint density at radius 3 is 2.86 bits per heavy atom. The van der Waals surface area contributed by atoms with Crippen molar-refractivity contribution in [3.63, 3.8) is 0 Å². The van der Waals surface area contributed by atoms with Crippen LogP contribution in [0.4, 0.5) is 0 Å². The maximum absolute atomic E-state index is 13.0. The highest BCUT2D eigenvalue weighted by molar-refractivity contribution is 6.02. The first-order valence-electron chi connectivity index (χ1n) is 9.18. The zero-order valence-corrected chi connectivity index (χ0v) is 15.0. The summed E-state index contributed by atoms with van der Waals surface area (Å²) in [5, 5.41) is 8.59. The third-order valence-electron chi connectivity index (χ3n) is 4.98. The largest absolute Gasteiger partial charge is 0.348 e. The van der Waals surface area contributed by atoms with Crippen LogP contribution in [0, 0.1) is 0 Å². The molecule has 0 spiro atoms. The molecule has 1 fully saturated rings. The van der Waals surface area contributed by atoms with Gasteiger partial charge in [-0.3, -0.25) is 4.79 Å². The standard InChI is InChI=1S/C20H17N5O3/c26-20(16-15-9-4-10-21-18(15)24-27-16)25-11-5-8-14(12-25)19-22-17(23-28-19)13-6-2-1-3-7-13/h1-4,6-7,9-10,14H,5,8,11-12H2. The van der Waals surface area contributed by atoms with Crippen LogP contribution >= 0.6 is 0 Å². The minimum Gasteiger partial charge on any atom is -0.348 e. The summed E-state index contributed by atoms with van der Waals surface area (Å²) in [5.41, 5.74) is 1.34. The molecule has 4 aromatic rings. The molecule has 140 valence electrons. The molecule has 1 aliphatic rings. The van der Waals surface area contributed by atoms with Crippen molar-refractivity contribution < 1.29 is 13.8 Å². The van der Waals surface area contributed by atoms with E-state index in [1.807, 2.05) is 30.3 Å². The van der Waals surface area contributed by atoms with E-state index in [0.717, 1.165) is 18.4 Å². The predicted octanol–water partition coefficient (Wildman–Crippen LogP) is 3.29. The second-order valence-corrected chi connectivity index (χ2v) is 6.80. The lowest BCUT2D eigenvalue weighted by molar-refractivity contribution is 0.0656. The summed E-state index contributed by atoms with van der Waals surface area (Å²) in [7, 11) is 0. The van der Waals surface area contributed by atoms with E-state index in [1.54, 1.807) is 23.2 Å². The van der Waals surface area contributed by atoms with Gasteiger partial charge in [-0.1, -0.05) is 40.6 Å². The molecule has 1 aromatic carbocycles. The molecule has 4 heterocycles. The summed E-state index contributed by atoms with van der Waals surface area (Å²) in [6.07, 6.45) is 3.36. The van der Waals surface area contributed by atoms with Crippen LogP contribution in [-0.4, -0.2) is 44.2 Å². The third kappa shape index (κ3) is 2.92. The number of fused-ring (bicyclic) bond motifs is 1. The fraction of sp³-hybridized carbons (Fsp3) is 0.250. The van der Waals surface area contributed by atoms with E-state index in [4.69, 9.17) is 9.05 Å². The van der Waals surface area contributed by atoms with Crippen LogP contribution in [0.2, 0.25) is 0 Å². The van der Waals surface area contributed by atoms with Gasteiger partial charge >= 0.3 is 0 Å². The normalized spacial score (nSPS) is 17.1. The van der Waals surface area contributed by atoms with Crippen molar-refractivity contribution in [3.05, 3.63) is 60.3 Å². The molecule has 0 bridgehead atoms. The third-order valence-corrected chi connectivity index (χ3v) is 4.98. The lowest BCUT2D eigenvalue weighted by atomic mass is 9.97. The lowest BCUT2D eigenvalue weighted by Gasteiger charge is -2.30. The minimum atomic E-state index is -0.192. The second-order valence-electron chi connectivity index (χ2n) is 6.80. The number of amides is 1.